The Morgan fingerprint density at radius 1 is 1.07 bits per heavy atom. The largest absolute Gasteiger partial charge is 0.350 e. The van der Waals surface area contributed by atoms with Crippen LogP contribution in [-0.2, 0) is 21.4 Å². The molecule has 0 spiro atoms. The maximum Gasteiger partial charge on any atom is 0.274 e. The Labute approximate surface area is 171 Å². The summed E-state index contributed by atoms with van der Waals surface area (Å²) >= 11 is 7.11. The molecular weight excluding hydrogens is 423 g/mol. The first kappa shape index (κ1) is 20.3. The molecule has 0 fully saturated rings. The number of nitrogens with zero attached hydrogens (tertiary/aromatic N) is 1. The Morgan fingerprint density at radius 2 is 1.79 bits per heavy atom. The zero-order chi connectivity index (χ0) is 20.1. The van der Waals surface area contributed by atoms with Crippen LogP contribution < -0.4 is 9.62 Å². The predicted octanol–water partition coefficient (Wildman–Crippen LogP) is 4.05. The second-order valence-electron chi connectivity index (χ2n) is 5.79. The van der Waals surface area contributed by atoms with Gasteiger partial charge in [-0.25, -0.2) is 12.8 Å². The minimum Gasteiger partial charge on any atom is -0.350 e. The van der Waals surface area contributed by atoms with Gasteiger partial charge in [0.2, 0.25) is 5.91 Å². The van der Waals surface area contributed by atoms with E-state index in [1.54, 1.807) is 35.7 Å². The summed E-state index contributed by atoms with van der Waals surface area (Å²) in [7, 11) is -3.97. The normalized spacial score (nSPS) is 11.2. The Morgan fingerprint density at radius 3 is 2.43 bits per heavy atom. The summed E-state index contributed by atoms with van der Waals surface area (Å²) in [5.74, 6) is -1.01. The molecular formula is C19H16ClFN2O3S2. The Balaban J connectivity index is 1.82. The first-order chi connectivity index (χ1) is 13.4. The highest BCUT2D eigenvalue weighted by Crippen LogP contribution is 2.26. The van der Waals surface area contributed by atoms with Gasteiger partial charge in [-0.3, -0.25) is 9.10 Å². The van der Waals surface area contributed by atoms with Gasteiger partial charge >= 0.3 is 0 Å². The maximum atomic E-state index is 13.3. The number of carbonyl (C=O) groups is 1. The second-order valence-corrected chi connectivity index (χ2v) is 9.23. The van der Waals surface area contributed by atoms with Crippen LogP contribution >= 0.6 is 22.9 Å². The fourth-order valence-electron chi connectivity index (χ4n) is 2.46. The minimum atomic E-state index is -3.97. The average molecular weight is 439 g/mol. The summed E-state index contributed by atoms with van der Waals surface area (Å²) in [5.41, 5.74) is 0.912. The highest BCUT2D eigenvalue weighted by Gasteiger charge is 2.28. The van der Waals surface area contributed by atoms with Crippen molar-refractivity contribution in [1.82, 2.24) is 5.32 Å². The van der Waals surface area contributed by atoms with Gasteiger partial charge in [0.05, 0.1) is 5.69 Å². The van der Waals surface area contributed by atoms with Crippen molar-refractivity contribution in [3.05, 3.63) is 82.4 Å². The van der Waals surface area contributed by atoms with Crippen molar-refractivity contribution in [2.45, 2.75) is 10.8 Å². The molecule has 0 saturated carbocycles. The lowest BCUT2D eigenvalue weighted by atomic mass is 10.2. The third kappa shape index (κ3) is 4.70. The van der Waals surface area contributed by atoms with E-state index in [1.165, 1.54) is 18.2 Å². The molecule has 3 rings (SSSR count). The molecule has 0 aliphatic rings. The molecule has 2 aromatic carbocycles. The molecule has 5 nitrogen and oxygen atoms in total. The summed E-state index contributed by atoms with van der Waals surface area (Å²) < 4.78 is 40.3. The number of sulfonamides is 1. The predicted molar refractivity (Wildman–Crippen MR) is 109 cm³/mol. The van der Waals surface area contributed by atoms with E-state index < -0.39 is 28.3 Å². The molecule has 146 valence electrons. The van der Waals surface area contributed by atoms with E-state index >= 15 is 0 Å². The number of nitrogens with one attached hydrogen (secondary N) is 1. The van der Waals surface area contributed by atoms with E-state index in [0.29, 0.717) is 10.6 Å². The first-order valence-electron chi connectivity index (χ1n) is 8.20. The van der Waals surface area contributed by atoms with Crippen LogP contribution in [0.5, 0.6) is 0 Å². The van der Waals surface area contributed by atoms with Crippen LogP contribution in [0.1, 0.15) is 5.56 Å². The maximum absolute atomic E-state index is 13.3. The number of carbonyl (C=O) groups excluding carboxylic acids is 1. The number of hydrogen-bond acceptors (Lipinski definition) is 4. The lowest BCUT2D eigenvalue weighted by Gasteiger charge is -2.23. The average Bonchev–Trinajstić information content (AvgIpc) is 3.22. The van der Waals surface area contributed by atoms with Crippen molar-refractivity contribution in [3.63, 3.8) is 0 Å². The summed E-state index contributed by atoms with van der Waals surface area (Å²) in [4.78, 5) is 12.5. The van der Waals surface area contributed by atoms with E-state index in [0.717, 1.165) is 27.8 Å². The Bertz CT molecular complexity index is 1060. The van der Waals surface area contributed by atoms with Crippen LogP contribution in [0.15, 0.2) is 70.3 Å². The monoisotopic (exact) mass is 438 g/mol. The SMILES string of the molecule is O=C(CN(c1ccc(F)cc1)S(=O)(=O)c1cccs1)NCc1ccccc1Cl. The second kappa shape index (κ2) is 8.72. The van der Waals surface area contributed by atoms with Crippen LogP contribution in [-0.4, -0.2) is 20.9 Å². The van der Waals surface area contributed by atoms with Crippen LogP contribution in [0.2, 0.25) is 5.02 Å². The van der Waals surface area contributed by atoms with Gasteiger partial charge < -0.3 is 5.32 Å². The topological polar surface area (TPSA) is 66.5 Å². The number of benzene rings is 2. The number of anilines is 1. The van der Waals surface area contributed by atoms with Crippen molar-refractivity contribution in [3.8, 4) is 0 Å². The van der Waals surface area contributed by atoms with Gasteiger partial charge in [-0.1, -0.05) is 35.9 Å². The number of rotatable bonds is 7. The van der Waals surface area contributed by atoms with Crippen molar-refractivity contribution in [1.29, 1.82) is 0 Å². The lowest BCUT2D eigenvalue weighted by Crippen LogP contribution is -2.40. The van der Waals surface area contributed by atoms with Crippen molar-refractivity contribution in [2.75, 3.05) is 10.8 Å². The summed E-state index contributed by atoms with van der Waals surface area (Å²) in [6.07, 6.45) is 0. The molecule has 9 heteroatoms. The zero-order valence-corrected chi connectivity index (χ0v) is 16.9. The summed E-state index contributed by atoms with van der Waals surface area (Å²) in [6.45, 7) is -0.287. The first-order valence-corrected chi connectivity index (χ1v) is 10.9. The standard InChI is InChI=1S/C19H16ClFN2O3S2/c20-17-5-2-1-4-14(17)12-22-18(24)13-23(16-9-7-15(21)8-10-16)28(25,26)19-6-3-11-27-19/h1-11H,12-13H2,(H,22,24). The molecule has 0 aliphatic carbocycles. The summed E-state index contributed by atoms with van der Waals surface area (Å²) in [6, 6.07) is 15.0. The lowest BCUT2D eigenvalue weighted by molar-refractivity contribution is -0.119. The van der Waals surface area contributed by atoms with Crippen LogP contribution in [0.25, 0.3) is 0 Å². The fraction of sp³-hybridized carbons (Fsp3) is 0.105. The van der Waals surface area contributed by atoms with Gasteiger partial charge in [0, 0.05) is 11.6 Å². The van der Waals surface area contributed by atoms with Gasteiger partial charge in [-0.2, -0.15) is 0 Å². The fourth-order valence-corrected chi connectivity index (χ4v) is 5.19. The molecule has 28 heavy (non-hydrogen) atoms. The molecule has 1 heterocycles. The van der Waals surface area contributed by atoms with Crippen molar-refractivity contribution in [2.24, 2.45) is 0 Å². The van der Waals surface area contributed by atoms with E-state index in [-0.39, 0.29) is 16.4 Å². The zero-order valence-electron chi connectivity index (χ0n) is 14.5. The van der Waals surface area contributed by atoms with Crippen LogP contribution in [0, 0.1) is 5.82 Å². The van der Waals surface area contributed by atoms with Gasteiger partial charge in [-0.05, 0) is 47.3 Å². The van der Waals surface area contributed by atoms with E-state index in [4.69, 9.17) is 11.6 Å². The molecule has 0 aliphatic heterocycles. The van der Waals surface area contributed by atoms with Crippen LogP contribution in [0.4, 0.5) is 10.1 Å². The van der Waals surface area contributed by atoms with Gasteiger partial charge in [0.1, 0.15) is 16.6 Å². The molecule has 0 saturated heterocycles. The molecule has 0 bridgehead atoms. The molecule has 0 radical (unpaired) electrons. The number of amides is 1. The number of hydrogen-bond donors (Lipinski definition) is 1. The van der Waals surface area contributed by atoms with E-state index in [1.807, 2.05) is 0 Å². The van der Waals surface area contributed by atoms with Crippen molar-refractivity contribution < 1.29 is 17.6 Å². The number of halogens is 2. The molecule has 1 N–H and O–H groups in total. The smallest absolute Gasteiger partial charge is 0.274 e. The molecule has 0 atom stereocenters. The Kier molecular flexibility index (Phi) is 6.33. The molecule has 1 amide bonds. The van der Waals surface area contributed by atoms with E-state index in [2.05, 4.69) is 5.32 Å². The number of thiophene rings is 1. The summed E-state index contributed by atoms with van der Waals surface area (Å²) in [5, 5.41) is 4.80. The Hall–Kier alpha value is -2.42. The van der Waals surface area contributed by atoms with Gasteiger partial charge in [0.15, 0.2) is 0 Å². The van der Waals surface area contributed by atoms with E-state index in [9.17, 15) is 17.6 Å². The van der Waals surface area contributed by atoms with Gasteiger partial charge in [0.25, 0.3) is 10.0 Å². The van der Waals surface area contributed by atoms with Gasteiger partial charge in [-0.15, -0.1) is 11.3 Å². The third-order valence-electron chi connectivity index (χ3n) is 3.88. The molecule has 0 unspecified atom stereocenters. The highest BCUT2D eigenvalue weighted by atomic mass is 35.5. The minimum absolute atomic E-state index is 0.0933. The third-order valence-corrected chi connectivity index (χ3v) is 7.39. The molecule has 3 aromatic rings. The quantitative estimate of drug-likeness (QED) is 0.605. The molecule has 1 aromatic heterocycles. The van der Waals surface area contributed by atoms with Crippen LogP contribution in [0.3, 0.4) is 0 Å². The highest BCUT2D eigenvalue weighted by molar-refractivity contribution is 7.94. The van der Waals surface area contributed by atoms with Crippen molar-refractivity contribution >= 4 is 44.6 Å².